The predicted molar refractivity (Wildman–Crippen MR) is 93.8 cm³/mol. The monoisotopic (exact) mass is 318 g/mol. The molecule has 0 atom stereocenters. The summed E-state index contributed by atoms with van der Waals surface area (Å²) in [5.41, 5.74) is 0. The van der Waals surface area contributed by atoms with Crippen LogP contribution in [0.15, 0.2) is 27.8 Å². The topological polar surface area (TPSA) is 52.8 Å². The van der Waals surface area contributed by atoms with Gasteiger partial charge in [-0.3, -0.25) is 4.99 Å². The highest BCUT2D eigenvalue weighted by molar-refractivity contribution is 5.79. The van der Waals surface area contributed by atoms with Gasteiger partial charge in [0.15, 0.2) is 5.96 Å². The molecule has 5 nitrogen and oxygen atoms in total. The van der Waals surface area contributed by atoms with Crippen LogP contribution in [0.5, 0.6) is 0 Å². The van der Waals surface area contributed by atoms with E-state index < -0.39 is 0 Å². The molecular formula is C18H30N4O. The van der Waals surface area contributed by atoms with Gasteiger partial charge >= 0.3 is 0 Å². The van der Waals surface area contributed by atoms with E-state index in [1.54, 1.807) is 6.26 Å². The molecule has 5 heteroatoms. The van der Waals surface area contributed by atoms with E-state index in [4.69, 9.17) is 4.42 Å². The van der Waals surface area contributed by atoms with E-state index in [1.807, 2.05) is 19.2 Å². The Morgan fingerprint density at radius 3 is 2.70 bits per heavy atom. The average molecular weight is 318 g/mol. The third-order valence-corrected chi connectivity index (χ3v) is 5.18. The maximum Gasteiger partial charge on any atom is 0.191 e. The highest BCUT2D eigenvalue weighted by Crippen LogP contribution is 2.26. The maximum absolute atomic E-state index is 5.35. The first-order valence-electron chi connectivity index (χ1n) is 9.09. The Morgan fingerprint density at radius 2 is 2.04 bits per heavy atom. The molecule has 0 radical (unpaired) electrons. The van der Waals surface area contributed by atoms with Crippen LogP contribution in [0.1, 0.15) is 44.3 Å². The van der Waals surface area contributed by atoms with Gasteiger partial charge in [0.25, 0.3) is 0 Å². The maximum atomic E-state index is 5.35. The van der Waals surface area contributed by atoms with Crippen molar-refractivity contribution in [3.05, 3.63) is 24.2 Å². The smallest absolute Gasteiger partial charge is 0.191 e. The molecule has 0 aromatic carbocycles. The van der Waals surface area contributed by atoms with E-state index >= 15 is 0 Å². The molecule has 2 fully saturated rings. The van der Waals surface area contributed by atoms with Crippen LogP contribution in [0.25, 0.3) is 0 Å². The van der Waals surface area contributed by atoms with Gasteiger partial charge in [0.1, 0.15) is 5.76 Å². The first-order chi connectivity index (χ1) is 11.3. The van der Waals surface area contributed by atoms with Crippen molar-refractivity contribution in [3.63, 3.8) is 0 Å². The summed E-state index contributed by atoms with van der Waals surface area (Å²) in [5.74, 6) is 1.92. The fourth-order valence-corrected chi connectivity index (χ4v) is 3.83. The van der Waals surface area contributed by atoms with Crippen molar-refractivity contribution in [2.24, 2.45) is 4.99 Å². The molecule has 3 rings (SSSR count). The van der Waals surface area contributed by atoms with Crippen LogP contribution in [0.2, 0.25) is 0 Å². The Labute approximate surface area is 139 Å². The predicted octanol–water partition coefficient (Wildman–Crippen LogP) is 2.39. The molecule has 1 saturated carbocycles. The van der Waals surface area contributed by atoms with E-state index in [-0.39, 0.29) is 0 Å². The second kappa shape index (κ2) is 8.39. The number of hydrogen-bond acceptors (Lipinski definition) is 3. The Morgan fingerprint density at radius 1 is 1.26 bits per heavy atom. The first-order valence-corrected chi connectivity index (χ1v) is 9.09. The third-order valence-electron chi connectivity index (χ3n) is 5.18. The van der Waals surface area contributed by atoms with Crippen LogP contribution in [0, 0.1) is 0 Å². The molecule has 23 heavy (non-hydrogen) atoms. The Bertz CT molecular complexity index is 471. The molecular weight excluding hydrogens is 288 g/mol. The molecule has 0 amide bonds. The summed E-state index contributed by atoms with van der Waals surface area (Å²) >= 11 is 0. The Kier molecular flexibility index (Phi) is 5.97. The third kappa shape index (κ3) is 4.74. The summed E-state index contributed by atoms with van der Waals surface area (Å²) in [6, 6.07) is 5.35. The number of guanidine groups is 1. The minimum Gasteiger partial charge on any atom is -0.469 e. The van der Waals surface area contributed by atoms with Gasteiger partial charge in [-0.1, -0.05) is 12.8 Å². The van der Waals surface area contributed by atoms with Gasteiger partial charge in [0.2, 0.25) is 0 Å². The number of likely N-dealkylation sites (tertiary alicyclic amines) is 1. The highest BCUT2D eigenvalue weighted by Gasteiger charge is 2.27. The summed E-state index contributed by atoms with van der Waals surface area (Å²) in [7, 11) is 1.84. The van der Waals surface area contributed by atoms with Gasteiger partial charge in [-0.25, -0.2) is 0 Å². The summed E-state index contributed by atoms with van der Waals surface area (Å²) in [5, 5.41) is 6.97. The van der Waals surface area contributed by atoms with E-state index in [1.165, 1.54) is 51.6 Å². The molecule has 1 saturated heterocycles. The van der Waals surface area contributed by atoms with Crippen molar-refractivity contribution in [1.82, 2.24) is 15.5 Å². The number of nitrogens with one attached hydrogen (secondary N) is 2. The van der Waals surface area contributed by atoms with Gasteiger partial charge < -0.3 is 20.0 Å². The quantitative estimate of drug-likeness (QED) is 0.646. The standard InChI is InChI=1S/C18H30N4O/c1-19-18(20-11-8-17-7-4-14-23-17)21-15-9-12-22(13-10-15)16-5-2-3-6-16/h4,7,14-16H,2-3,5-6,8-13H2,1H3,(H2,19,20,21). The molecule has 1 aromatic rings. The average Bonchev–Trinajstić information content (AvgIpc) is 3.28. The van der Waals surface area contributed by atoms with Crippen molar-refractivity contribution in [3.8, 4) is 0 Å². The van der Waals surface area contributed by atoms with Gasteiger partial charge in [0, 0.05) is 45.2 Å². The van der Waals surface area contributed by atoms with Gasteiger partial charge in [-0.15, -0.1) is 0 Å². The fraction of sp³-hybridized carbons (Fsp3) is 0.722. The van der Waals surface area contributed by atoms with Gasteiger partial charge in [-0.2, -0.15) is 0 Å². The summed E-state index contributed by atoms with van der Waals surface area (Å²) in [4.78, 5) is 7.05. The van der Waals surface area contributed by atoms with Crippen molar-refractivity contribution in [2.75, 3.05) is 26.7 Å². The molecule has 2 N–H and O–H groups in total. The molecule has 0 spiro atoms. The summed E-state index contributed by atoms with van der Waals surface area (Å²) in [6.45, 7) is 3.30. The fourth-order valence-electron chi connectivity index (χ4n) is 3.83. The second-order valence-corrected chi connectivity index (χ2v) is 6.72. The molecule has 1 aromatic heterocycles. The number of hydrogen-bond donors (Lipinski definition) is 2. The van der Waals surface area contributed by atoms with E-state index in [0.29, 0.717) is 6.04 Å². The number of rotatable bonds is 5. The lowest BCUT2D eigenvalue weighted by atomic mass is 10.0. The number of aliphatic imine (C=N–C) groups is 1. The lowest BCUT2D eigenvalue weighted by molar-refractivity contribution is 0.150. The number of piperidine rings is 1. The van der Waals surface area contributed by atoms with Gasteiger partial charge in [0.05, 0.1) is 6.26 Å². The molecule has 1 aliphatic carbocycles. The van der Waals surface area contributed by atoms with Crippen molar-refractivity contribution < 1.29 is 4.42 Å². The lowest BCUT2D eigenvalue weighted by Crippen LogP contribution is -2.50. The van der Waals surface area contributed by atoms with Gasteiger partial charge in [-0.05, 0) is 37.8 Å². The minimum absolute atomic E-state index is 0.544. The molecule has 2 aliphatic rings. The number of nitrogens with zero attached hydrogens (tertiary/aromatic N) is 2. The Hall–Kier alpha value is -1.49. The molecule has 2 heterocycles. The Balaban J connectivity index is 1.36. The summed E-state index contributed by atoms with van der Waals surface area (Å²) < 4.78 is 5.35. The van der Waals surface area contributed by atoms with E-state index in [2.05, 4.69) is 20.5 Å². The zero-order valence-corrected chi connectivity index (χ0v) is 14.3. The molecule has 128 valence electrons. The van der Waals surface area contributed by atoms with E-state index in [9.17, 15) is 0 Å². The molecule has 0 bridgehead atoms. The van der Waals surface area contributed by atoms with Crippen LogP contribution in [-0.2, 0) is 6.42 Å². The lowest BCUT2D eigenvalue weighted by Gasteiger charge is -2.36. The molecule has 0 unspecified atom stereocenters. The van der Waals surface area contributed by atoms with Crippen LogP contribution < -0.4 is 10.6 Å². The zero-order chi connectivity index (χ0) is 15.9. The highest BCUT2D eigenvalue weighted by atomic mass is 16.3. The van der Waals surface area contributed by atoms with Crippen molar-refractivity contribution in [2.45, 2.75) is 57.0 Å². The largest absolute Gasteiger partial charge is 0.469 e. The van der Waals surface area contributed by atoms with Crippen LogP contribution in [0.4, 0.5) is 0 Å². The van der Waals surface area contributed by atoms with E-state index in [0.717, 1.165) is 30.7 Å². The van der Waals surface area contributed by atoms with Crippen LogP contribution in [0.3, 0.4) is 0 Å². The van der Waals surface area contributed by atoms with Crippen molar-refractivity contribution >= 4 is 5.96 Å². The first kappa shape index (κ1) is 16.4. The molecule has 1 aliphatic heterocycles. The SMILES string of the molecule is CN=C(NCCc1ccco1)NC1CCN(C2CCCC2)CC1. The van der Waals surface area contributed by atoms with Crippen molar-refractivity contribution in [1.29, 1.82) is 0 Å². The zero-order valence-electron chi connectivity index (χ0n) is 14.3. The minimum atomic E-state index is 0.544. The second-order valence-electron chi connectivity index (χ2n) is 6.72. The van der Waals surface area contributed by atoms with Crippen LogP contribution >= 0.6 is 0 Å². The van der Waals surface area contributed by atoms with Crippen LogP contribution in [-0.4, -0.2) is 49.6 Å². The summed E-state index contributed by atoms with van der Waals surface area (Å²) in [6.07, 6.45) is 10.7. The normalized spacial score (nSPS) is 21.7. The number of furan rings is 1.